The molecule has 182 valence electrons. The van der Waals surface area contributed by atoms with Crippen LogP contribution in [0, 0.1) is 0 Å². The number of ether oxygens (including phenoxy) is 1. The minimum Gasteiger partial charge on any atom is -0.445 e. The Morgan fingerprint density at radius 2 is 1.39 bits per heavy atom. The molecule has 2 heterocycles. The maximum atomic E-state index is 13.2. The third-order valence-corrected chi connectivity index (χ3v) is 6.29. The summed E-state index contributed by atoms with van der Waals surface area (Å²) in [6.07, 6.45) is 4.24. The molecule has 0 aliphatic carbocycles. The van der Waals surface area contributed by atoms with Gasteiger partial charge in [0.1, 0.15) is 12.6 Å². The fourth-order valence-corrected chi connectivity index (χ4v) is 4.42. The van der Waals surface area contributed by atoms with Crippen molar-refractivity contribution >= 4 is 33.8 Å². The molecule has 4 N–H and O–H groups in total. The van der Waals surface area contributed by atoms with E-state index in [1.165, 1.54) is 0 Å². The molecule has 7 nitrogen and oxygen atoms in total. The van der Waals surface area contributed by atoms with Gasteiger partial charge in [0.15, 0.2) is 0 Å². The van der Waals surface area contributed by atoms with Crippen LogP contribution in [-0.4, -0.2) is 34.6 Å². The predicted molar refractivity (Wildman–Crippen MR) is 141 cm³/mol. The van der Waals surface area contributed by atoms with Crippen molar-refractivity contribution in [2.24, 2.45) is 0 Å². The van der Waals surface area contributed by atoms with Gasteiger partial charge in [-0.3, -0.25) is 4.79 Å². The molecule has 0 aliphatic heterocycles. The third-order valence-electron chi connectivity index (χ3n) is 6.29. The van der Waals surface area contributed by atoms with Crippen LogP contribution in [-0.2, 0) is 29.0 Å². The van der Waals surface area contributed by atoms with E-state index in [4.69, 9.17) is 4.74 Å². The van der Waals surface area contributed by atoms with E-state index >= 15 is 0 Å². The lowest BCUT2D eigenvalue weighted by atomic mass is 10.0. The maximum absolute atomic E-state index is 13.2. The summed E-state index contributed by atoms with van der Waals surface area (Å²) >= 11 is 0. The Kier molecular flexibility index (Phi) is 6.98. The molecule has 5 rings (SSSR count). The second-order valence-electron chi connectivity index (χ2n) is 8.72. The van der Waals surface area contributed by atoms with E-state index in [0.29, 0.717) is 19.4 Å². The zero-order chi connectivity index (χ0) is 24.7. The second kappa shape index (κ2) is 10.8. The fraction of sp³-hybridized carbons (Fsp3) is 0.172. The number of H-pyrrole nitrogens is 2. The van der Waals surface area contributed by atoms with Crippen LogP contribution in [0.25, 0.3) is 21.8 Å². The zero-order valence-corrected chi connectivity index (χ0v) is 19.8. The van der Waals surface area contributed by atoms with Gasteiger partial charge in [-0.05, 0) is 35.2 Å². The maximum Gasteiger partial charge on any atom is 0.408 e. The minimum atomic E-state index is -0.782. The zero-order valence-electron chi connectivity index (χ0n) is 19.8. The van der Waals surface area contributed by atoms with Gasteiger partial charge in [0.2, 0.25) is 5.91 Å². The molecular formula is C29H28N4O3. The Hall–Kier alpha value is -4.52. The van der Waals surface area contributed by atoms with E-state index in [1.807, 2.05) is 85.2 Å². The molecule has 0 aliphatic rings. The van der Waals surface area contributed by atoms with Crippen molar-refractivity contribution in [3.8, 4) is 0 Å². The number of para-hydroxylation sites is 2. The summed E-state index contributed by atoms with van der Waals surface area (Å²) < 4.78 is 5.38. The van der Waals surface area contributed by atoms with E-state index < -0.39 is 12.1 Å². The van der Waals surface area contributed by atoms with E-state index in [2.05, 4.69) is 26.7 Å². The largest absolute Gasteiger partial charge is 0.445 e. The molecule has 0 unspecified atom stereocenters. The van der Waals surface area contributed by atoms with Crippen LogP contribution in [0.15, 0.2) is 91.3 Å². The summed E-state index contributed by atoms with van der Waals surface area (Å²) in [5.74, 6) is -0.253. The summed E-state index contributed by atoms with van der Waals surface area (Å²) in [4.78, 5) is 32.3. The quantitative estimate of drug-likeness (QED) is 0.243. The first-order valence-electron chi connectivity index (χ1n) is 12.0. The van der Waals surface area contributed by atoms with E-state index in [0.717, 1.165) is 38.5 Å². The SMILES string of the molecule is O=C(N[C@H](Cc1c[nH]c2ccccc12)C(=O)NCCc1c[nH]c2ccccc12)OCc1ccccc1. The van der Waals surface area contributed by atoms with Crippen molar-refractivity contribution in [3.63, 3.8) is 0 Å². The predicted octanol–water partition coefficient (Wildman–Crippen LogP) is 4.85. The van der Waals surface area contributed by atoms with E-state index in [-0.39, 0.29) is 12.5 Å². The molecule has 0 saturated carbocycles. The summed E-state index contributed by atoms with van der Waals surface area (Å²) in [5, 5.41) is 7.93. The standard InChI is InChI=1S/C29H28N4O3/c34-28(30-15-14-21-17-31-25-12-6-4-10-23(21)25)27(16-22-18-32-26-13-7-5-11-24(22)26)33-29(35)36-19-20-8-2-1-3-9-20/h1-13,17-18,27,31-32H,14-16,19H2,(H,30,34)(H,33,35)/t27-/m1/s1. The van der Waals surface area contributed by atoms with Crippen LogP contribution < -0.4 is 10.6 Å². The van der Waals surface area contributed by atoms with Gasteiger partial charge in [0.05, 0.1) is 0 Å². The highest BCUT2D eigenvalue weighted by atomic mass is 16.5. The Morgan fingerprint density at radius 3 is 2.11 bits per heavy atom. The summed E-state index contributed by atoms with van der Waals surface area (Å²) in [6.45, 7) is 0.584. The number of nitrogens with one attached hydrogen (secondary N) is 4. The fourth-order valence-electron chi connectivity index (χ4n) is 4.42. The Bertz CT molecular complexity index is 1470. The van der Waals surface area contributed by atoms with Crippen LogP contribution in [0.4, 0.5) is 4.79 Å². The molecule has 5 aromatic rings. The van der Waals surface area contributed by atoms with Crippen LogP contribution in [0.1, 0.15) is 16.7 Å². The summed E-state index contributed by atoms with van der Waals surface area (Å²) in [7, 11) is 0. The summed E-state index contributed by atoms with van der Waals surface area (Å²) in [6, 6.07) is 24.6. The number of carbonyl (C=O) groups excluding carboxylic acids is 2. The third kappa shape index (κ3) is 5.41. The number of amides is 2. The van der Waals surface area contributed by atoms with Crippen LogP contribution in [0.5, 0.6) is 0 Å². The van der Waals surface area contributed by atoms with Crippen molar-refractivity contribution in [1.29, 1.82) is 0 Å². The highest BCUT2D eigenvalue weighted by Gasteiger charge is 2.23. The van der Waals surface area contributed by atoms with Gasteiger partial charge < -0.3 is 25.3 Å². The first-order valence-corrected chi connectivity index (χ1v) is 12.0. The number of aromatic amines is 2. The number of hydrogen-bond donors (Lipinski definition) is 4. The van der Waals surface area contributed by atoms with Crippen molar-refractivity contribution < 1.29 is 14.3 Å². The first kappa shape index (κ1) is 23.2. The Morgan fingerprint density at radius 1 is 0.778 bits per heavy atom. The number of benzene rings is 3. The normalized spacial score (nSPS) is 11.9. The van der Waals surface area contributed by atoms with Crippen molar-refractivity contribution in [1.82, 2.24) is 20.6 Å². The molecule has 2 amide bonds. The van der Waals surface area contributed by atoms with Gasteiger partial charge in [0, 0.05) is 47.2 Å². The number of carbonyl (C=O) groups is 2. The van der Waals surface area contributed by atoms with E-state index in [9.17, 15) is 9.59 Å². The number of hydrogen-bond acceptors (Lipinski definition) is 3. The first-order chi connectivity index (χ1) is 17.7. The van der Waals surface area contributed by atoms with Gasteiger partial charge in [-0.1, -0.05) is 66.7 Å². The topological polar surface area (TPSA) is 99.0 Å². The molecule has 0 bridgehead atoms. The van der Waals surface area contributed by atoms with Crippen molar-refractivity contribution in [3.05, 3.63) is 108 Å². The molecule has 0 saturated heterocycles. The van der Waals surface area contributed by atoms with Gasteiger partial charge in [0.25, 0.3) is 0 Å². The van der Waals surface area contributed by atoms with Crippen LogP contribution in [0.2, 0.25) is 0 Å². The molecule has 3 aromatic carbocycles. The molecule has 1 atom stereocenters. The van der Waals surface area contributed by atoms with Crippen molar-refractivity contribution in [2.75, 3.05) is 6.54 Å². The second-order valence-corrected chi connectivity index (χ2v) is 8.72. The van der Waals surface area contributed by atoms with Crippen LogP contribution in [0.3, 0.4) is 0 Å². The highest BCUT2D eigenvalue weighted by molar-refractivity contribution is 5.88. The number of alkyl carbamates (subject to hydrolysis) is 1. The number of fused-ring (bicyclic) bond motifs is 2. The van der Waals surface area contributed by atoms with Gasteiger partial charge >= 0.3 is 6.09 Å². The number of aromatic nitrogens is 2. The lowest BCUT2D eigenvalue weighted by molar-refractivity contribution is -0.123. The minimum absolute atomic E-state index is 0.134. The molecule has 2 aromatic heterocycles. The van der Waals surface area contributed by atoms with Crippen LogP contribution >= 0.6 is 0 Å². The molecular weight excluding hydrogens is 452 g/mol. The van der Waals surface area contributed by atoms with Gasteiger partial charge in [-0.25, -0.2) is 4.79 Å². The molecule has 0 radical (unpaired) electrons. The van der Waals surface area contributed by atoms with Crippen molar-refractivity contribution in [2.45, 2.75) is 25.5 Å². The lowest BCUT2D eigenvalue weighted by Gasteiger charge is -2.18. The lowest BCUT2D eigenvalue weighted by Crippen LogP contribution is -2.48. The Labute approximate surface area is 208 Å². The average Bonchev–Trinajstić information content (AvgIpc) is 3.52. The summed E-state index contributed by atoms with van der Waals surface area (Å²) in [5.41, 5.74) is 5.01. The molecule has 7 heteroatoms. The van der Waals surface area contributed by atoms with Gasteiger partial charge in [-0.15, -0.1) is 0 Å². The number of rotatable bonds is 9. The Balaban J connectivity index is 1.25. The average molecular weight is 481 g/mol. The van der Waals surface area contributed by atoms with Gasteiger partial charge in [-0.2, -0.15) is 0 Å². The molecule has 0 fully saturated rings. The highest BCUT2D eigenvalue weighted by Crippen LogP contribution is 2.20. The molecule has 0 spiro atoms. The smallest absolute Gasteiger partial charge is 0.408 e. The molecule has 36 heavy (non-hydrogen) atoms. The van der Waals surface area contributed by atoms with E-state index in [1.54, 1.807) is 0 Å². The monoisotopic (exact) mass is 480 g/mol.